The van der Waals surface area contributed by atoms with Crippen LogP contribution < -0.4 is 5.32 Å². The molecule has 0 atom stereocenters. The number of anilines is 1. The lowest BCUT2D eigenvalue weighted by Crippen LogP contribution is -2.15. The summed E-state index contributed by atoms with van der Waals surface area (Å²) >= 11 is 3.02. The molecule has 0 aliphatic heterocycles. The Balaban J connectivity index is 1.71. The van der Waals surface area contributed by atoms with Crippen molar-refractivity contribution in [1.29, 1.82) is 0 Å². The standard InChI is InChI=1S/C19H21FN4OS2/c1-3-9-24-18(13-10-14(4-2)26-11-13)22-23-19(24)27-12-17(25)21-16-8-6-5-7-15(16)20/h5-8,10-11H,3-4,9,12H2,1-2H3,(H,21,25). The first kappa shape index (κ1) is 19.6. The minimum atomic E-state index is -0.448. The van der Waals surface area contributed by atoms with Gasteiger partial charge in [-0.3, -0.25) is 4.79 Å². The van der Waals surface area contributed by atoms with Crippen molar-refractivity contribution in [3.63, 3.8) is 0 Å². The first-order chi connectivity index (χ1) is 13.1. The van der Waals surface area contributed by atoms with Gasteiger partial charge in [0.15, 0.2) is 11.0 Å². The maximum absolute atomic E-state index is 13.7. The molecule has 0 saturated heterocycles. The molecule has 0 fully saturated rings. The lowest BCUT2D eigenvalue weighted by molar-refractivity contribution is -0.113. The van der Waals surface area contributed by atoms with Crippen LogP contribution in [0.25, 0.3) is 11.4 Å². The van der Waals surface area contributed by atoms with Crippen molar-refractivity contribution in [2.24, 2.45) is 0 Å². The number of rotatable bonds is 8. The molecule has 1 N–H and O–H groups in total. The van der Waals surface area contributed by atoms with Crippen LogP contribution in [-0.4, -0.2) is 26.4 Å². The summed E-state index contributed by atoms with van der Waals surface area (Å²) in [5.41, 5.74) is 1.24. The summed E-state index contributed by atoms with van der Waals surface area (Å²) < 4.78 is 15.7. The Hall–Kier alpha value is -2.19. The molecule has 2 aromatic heterocycles. The first-order valence-corrected chi connectivity index (χ1v) is 10.7. The van der Waals surface area contributed by atoms with Gasteiger partial charge in [-0.1, -0.05) is 37.7 Å². The van der Waals surface area contributed by atoms with Crippen LogP contribution in [0.3, 0.4) is 0 Å². The number of thiophene rings is 1. The van der Waals surface area contributed by atoms with E-state index in [0.717, 1.165) is 30.8 Å². The summed E-state index contributed by atoms with van der Waals surface area (Å²) in [6.45, 7) is 4.99. The minimum absolute atomic E-state index is 0.139. The lowest BCUT2D eigenvalue weighted by Gasteiger charge is -2.08. The van der Waals surface area contributed by atoms with Crippen molar-refractivity contribution >= 4 is 34.7 Å². The average molecular weight is 405 g/mol. The Kier molecular flexibility index (Phi) is 6.63. The smallest absolute Gasteiger partial charge is 0.234 e. The second-order valence-electron chi connectivity index (χ2n) is 5.93. The molecule has 0 spiro atoms. The number of para-hydroxylation sites is 1. The fourth-order valence-corrected chi connectivity index (χ4v) is 4.17. The van der Waals surface area contributed by atoms with E-state index in [9.17, 15) is 9.18 Å². The van der Waals surface area contributed by atoms with E-state index in [0.29, 0.717) is 5.16 Å². The highest BCUT2D eigenvalue weighted by Gasteiger charge is 2.16. The molecule has 5 nitrogen and oxygen atoms in total. The Bertz CT molecular complexity index is 922. The Morgan fingerprint density at radius 1 is 1.30 bits per heavy atom. The quantitative estimate of drug-likeness (QED) is 0.545. The van der Waals surface area contributed by atoms with Crippen LogP contribution in [0.1, 0.15) is 25.1 Å². The van der Waals surface area contributed by atoms with Crippen molar-refractivity contribution in [2.75, 3.05) is 11.1 Å². The predicted molar refractivity (Wildman–Crippen MR) is 109 cm³/mol. The van der Waals surface area contributed by atoms with E-state index in [1.807, 2.05) is 4.57 Å². The number of thioether (sulfide) groups is 1. The number of hydrogen-bond acceptors (Lipinski definition) is 5. The normalized spacial score (nSPS) is 10.9. The van der Waals surface area contributed by atoms with Gasteiger partial charge in [0, 0.05) is 22.4 Å². The van der Waals surface area contributed by atoms with E-state index in [2.05, 4.69) is 40.8 Å². The van der Waals surface area contributed by atoms with Crippen LogP contribution >= 0.6 is 23.1 Å². The second kappa shape index (κ2) is 9.14. The molecular weight excluding hydrogens is 383 g/mol. The molecule has 0 saturated carbocycles. The number of benzene rings is 1. The highest BCUT2D eigenvalue weighted by atomic mass is 32.2. The highest BCUT2D eigenvalue weighted by molar-refractivity contribution is 7.99. The third kappa shape index (κ3) is 4.75. The number of halogens is 1. The summed E-state index contributed by atoms with van der Waals surface area (Å²) in [5, 5.41) is 14.0. The van der Waals surface area contributed by atoms with E-state index >= 15 is 0 Å². The molecule has 0 aliphatic carbocycles. The molecule has 1 amide bonds. The average Bonchev–Trinajstić information content (AvgIpc) is 3.29. The molecule has 1 aromatic carbocycles. The zero-order valence-electron chi connectivity index (χ0n) is 15.2. The van der Waals surface area contributed by atoms with Gasteiger partial charge in [-0.05, 0) is 31.0 Å². The third-order valence-corrected chi connectivity index (χ3v) is 5.95. The zero-order valence-corrected chi connectivity index (χ0v) is 16.9. The Morgan fingerprint density at radius 2 is 2.11 bits per heavy atom. The zero-order chi connectivity index (χ0) is 19.2. The van der Waals surface area contributed by atoms with Crippen molar-refractivity contribution in [3.8, 4) is 11.4 Å². The van der Waals surface area contributed by atoms with Crippen LogP contribution in [0.2, 0.25) is 0 Å². The van der Waals surface area contributed by atoms with E-state index in [1.165, 1.54) is 28.8 Å². The summed E-state index contributed by atoms with van der Waals surface area (Å²) in [7, 11) is 0. The number of carbonyl (C=O) groups excluding carboxylic acids is 1. The summed E-state index contributed by atoms with van der Waals surface area (Å²) in [4.78, 5) is 13.5. The number of carbonyl (C=O) groups is 1. The van der Waals surface area contributed by atoms with Crippen molar-refractivity contribution in [3.05, 3.63) is 46.4 Å². The van der Waals surface area contributed by atoms with Gasteiger partial charge >= 0.3 is 0 Å². The van der Waals surface area contributed by atoms with Crippen LogP contribution in [0.15, 0.2) is 40.9 Å². The number of hydrogen-bond donors (Lipinski definition) is 1. The summed E-state index contributed by atoms with van der Waals surface area (Å²) in [6, 6.07) is 8.26. The topological polar surface area (TPSA) is 59.8 Å². The van der Waals surface area contributed by atoms with Crippen LogP contribution in [-0.2, 0) is 17.8 Å². The molecule has 8 heteroatoms. The van der Waals surface area contributed by atoms with Crippen LogP contribution in [0.4, 0.5) is 10.1 Å². The van der Waals surface area contributed by atoms with Gasteiger partial charge in [0.05, 0.1) is 11.4 Å². The van der Waals surface area contributed by atoms with Crippen LogP contribution in [0.5, 0.6) is 0 Å². The van der Waals surface area contributed by atoms with Gasteiger partial charge in [-0.25, -0.2) is 4.39 Å². The molecule has 3 aromatic rings. The minimum Gasteiger partial charge on any atom is -0.323 e. The van der Waals surface area contributed by atoms with E-state index in [4.69, 9.17) is 0 Å². The monoisotopic (exact) mass is 404 g/mol. The highest BCUT2D eigenvalue weighted by Crippen LogP contribution is 2.28. The fraction of sp³-hybridized carbons (Fsp3) is 0.316. The molecule has 0 unspecified atom stereocenters. The maximum Gasteiger partial charge on any atom is 0.234 e. The number of nitrogens with one attached hydrogen (secondary N) is 1. The first-order valence-electron chi connectivity index (χ1n) is 8.80. The maximum atomic E-state index is 13.7. The third-order valence-electron chi connectivity index (χ3n) is 3.90. The summed E-state index contributed by atoms with van der Waals surface area (Å²) in [6.07, 6.45) is 1.93. The number of aromatic nitrogens is 3. The summed E-state index contributed by atoms with van der Waals surface area (Å²) in [5.74, 6) is 0.239. The van der Waals surface area contributed by atoms with Gasteiger partial charge in [-0.2, -0.15) is 0 Å². The fourth-order valence-electron chi connectivity index (χ4n) is 2.60. The van der Waals surface area contributed by atoms with E-state index < -0.39 is 5.82 Å². The van der Waals surface area contributed by atoms with Gasteiger partial charge < -0.3 is 9.88 Å². The SMILES string of the molecule is CCCn1c(SCC(=O)Nc2ccccc2F)nnc1-c1csc(CC)c1. The van der Waals surface area contributed by atoms with E-state index in [-0.39, 0.29) is 17.3 Å². The van der Waals surface area contributed by atoms with Gasteiger partial charge in [0.2, 0.25) is 5.91 Å². The molecule has 27 heavy (non-hydrogen) atoms. The second-order valence-corrected chi connectivity index (χ2v) is 7.87. The largest absolute Gasteiger partial charge is 0.323 e. The van der Waals surface area contributed by atoms with Crippen molar-refractivity contribution in [1.82, 2.24) is 14.8 Å². The van der Waals surface area contributed by atoms with Crippen molar-refractivity contribution in [2.45, 2.75) is 38.4 Å². The Morgan fingerprint density at radius 3 is 2.81 bits per heavy atom. The van der Waals surface area contributed by atoms with Gasteiger partial charge in [-0.15, -0.1) is 21.5 Å². The van der Waals surface area contributed by atoms with Crippen LogP contribution in [0, 0.1) is 5.82 Å². The number of nitrogens with zero attached hydrogens (tertiary/aromatic N) is 3. The molecule has 2 heterocycles. The molecular formula is C19H21FN4OS2. The van der Waals surface area contributed by atoms with Gasteiger partial charge in [0.1, 0.15) is 5.82 Å². The lowest BCUT2D eigenvalue weighted by atomic mass is 10.2. The predicted octanol–water partition coefficient (Wildman–Crippen LogP) is 4.85. The molecule has 0 aliphatic rings. The molecule has 142 valence electrons. The Labute approximate surface area is 166 Å². The number of amides is 1. The molecule has 0 bridgehead atoms. The molecule has 3 rings (SSSR count). The van der Waals surface area contributed by atoms with Crippen molar-refractivity contribution < 1.29 is 9.18 Å². The van der Waals surface area contributed by atoms with Gasteiger partial charge in [0.25, 0.3) is 0 Å². The number of aryl methyl sites for hydroxylation is 1. The molecule has 0 radical (unpaired) electrons. The van der Waals surface area contributed by atoms with E-state index in [1.54, 1.807) is 23.5 Å².